The van der Waals surface area contributed by atoms with Gasteiger partial charge in [0.25, 0.3) is 0 Å². The molecule has 126 valence electrons. The Kier molecular flexibility index (Phi) is 7.76. The van der Waals surface area contributed by atoms with E-state index in [0.29, 0.717) is 5.69 Å². The van der Waals surface area contributed by atoms with Crippen molar-refractivity contribution in [1.82, 2.24) is 9.97 Å². The zero-order valence-corrected chi connectivity index (χ0v) is 12.1. The highest BCUT2D eigenvalue weighted by Gasteiger charge is 2.28. The number of rotatable bonds is 9. The van der Waals surface area contributed by atoms with E-state index in [1.807, 2.05) is 0 Å². The Labute approximate surface area is 127 Å². The lowest BCUT2D eigenvalue weighted by Crippen LogP contribution is -2.36. The Balaban J connectivity index is 2.71. The number of hydrogen-bond donors (Lipinski definition) is 6. The molecular formula is C13H22N2O7. The number of hydrogen-bond acceptors (Lipinski definition) is 9. The standard InChI is InChI=1S/C13H22N2O7/c1-22-11(6-17)13(21)12(20)8-4-14-7(3-15-8)2-9(18)10(19)5-16/h3-4,9-13,16-21H,2,5-6H2,1H3/t9-,10+,11-,12+,13+/m0/s1. The van der Waals surface area contributed by atoms with Crippen molar-refractivity contribution in [1.29, 1.82) is 0 Å². The van der Waals surface area contributed by atoms with E-state index in [0.717, 1.165) is 0 Å². The highest BCUT2D eigenvalue weighted by Crippen LogP contribution is 2.18. The summed E-state index contributed by atoms with van der Waals surface area (Å²) in [5, 5.41) is 56.4. The van der Waals surface area contributed by atoms with Crippen molar-refractivity contribution in [3.8, 4) is 0 Å². The van der Waals surface area contributed by atoms with Gasteiger partial charge in [-0.3, -0.25) is 9.97 Å². The molecule has 1 aromatic heterocycles. The van der Waals surface area contributed by atoms with E-state index < -0.39 is 43.7 Å². The van der Waals surface area contributed by atoms with Crippen molar-refractivity contribution >= 4 is 0 Å². The molecule has 0 spiro atoms. The summed E-state index contributed by atoms with van der Waals surface area (Å²) < 4.78 is 4.83. The van der Waals surface area contributed by atoms with Gasteiger partial charge in [0.05, 0.1) is 36.9 Å². The Morgan fingerprint density at radius 1 is 1.00 bits per heavy atom. The van der Waals surface area contributed by atoms with Crippen LogP contribution in [0.5, 0.6) is 0 Å². The smallest absolute Gasteiger partial charge is 0.126 e. The minimum Gasteiger partial charge on any atom is -0.394 e. The van der Waals surface area contributed by atoms with Gasteiger partial charge >= 0.3 is 0 Å². The Morgan fingerprint density at radius 3 is 2.14 bits per heavy atom. The van der Waals surface area contributed by atoms with Gasteiger partial charge in [-0.25, -0.2) is 0 Å². The molecule has 1 heterocycles. The molecule has 0 radical (unpaired) electrons. The number of aliphatic hydroxyl groups excluding tert-OH is 6. The predicted molar refractivity (Wildman–Crippen MR) is 73.7 cm³/mol. The van der Waals surface area contributed by atoms with Crippen LogP contribution in [-0.2, 0) is 11.2 Å². The van der Waals surface area contributed by atoms with Crippen LogP contribution in [0, 0.1) is 0 Å². The first-order chi connectivity index (χ1) is 10.4. The van der Waals surface area contributed by atoms with Gasteiger partial charge in [-0.2, -0.15) is 0 Å². The molecule has 9 heteroatoms. The molecule has 9 nitrogen and oxygen atoms in total. The molecule has 1 aromatic rings. The van der Waals surface area contributed by atoms with Gasteiger partial charge in [0.2, 0.25) is 0 Å². The van der Waals surface area contributed by atoms with Crippen LogP contribution in [0.3, 0.4) is 0 Å². The molecule has 0 unspecified atom stereocenters. The summed E-state index contributed by atoms with van der Waals surface area (Å²) in [6.07, 6.45) is -3.73. The van der Waals surface area contributed by atoms with Crippen molar-refractivity contribution in [3.63, 3.8) is 0 Å². The van der Waals surface area contributed by atoms with Crippen molar-refractivity contribution in [3.05, 3.63) is 23.8 Å². The fraction of sp³-hybridized carbons (Fsp3) is 0.692. The van der Waals surface area contributed by atoms with Crippen molar-refractivity contribution in [2.24, 2.45) is 0 Å². The number of aliphatic hydroxyl groups is 6. The van der Waals surface area contributed by atoms with E-state index in [1.165, 1.54) is 19.5 Å². The van der Waals surface area contributed by atoms with Crippen LogP contribution in [0.2, 0.25) is 0 Å². The summed E-state index contributed by atoms with van der Waals surface area (Å²) in [6, 6.07) is 0. The van der Waals surface area contributed by atoms with Gasteiger partial charge in [-0.1, -0.05) is 0 Å². The molecule has 1 rings (SSSR count). The molecule has 5 atom stereocenters. The fourth-order valence-corrected chi connectivity index (χ4v) is 1.80. The highest BCUT2D eigenvalue weighted by molar-refractivity contribution is 5.08. The number of ether oxygens (including phenoxy) is 1. The summed E-state index contributed by atoms with van der Waals surface area (Å²) in [5.41, 5.74) is 0.417. The predicted octanol–water partition coefficient (Wildman–Crippen LogP) is -2.87. The molecule has 22 heavy (non-hydrogen) atoms. The van der Waals surface area contributed by atoms with Crippen LogP contribution < -0.4 is 0 Å². The van der Waals surface area contributed by atoms with Crippen molar-refractivity contribution in [2.45, 2.75) is 36.9 Å². The fourth-order valence-electron chi connectivity index (χ4n) is 1.80. The third kappa shape index (κ3) is 4.92. The number of methoxy groups -OCH3 is 1. The summed E-state index contributed by atoms with van der Waals surface area (Å²) in [4.78, 5) is 7.88. The lowest BCUT2D eigenvalue weighted by Gasteiger charge is -2.23. The molecule has 0 saturated heterocycles. The maximum absolute atomic E-state index is 9.95. The minimum atomic E-state index is -1.40. The summed E-state index contributed by atoms with van der Waals surface area (Å²) in [5.74, 6) is 0. The van der Waals surface area contributed by atoms with Crippen LogP contribution in [0.15, 0.2) is 12.4 Å². The molecular weight excluding hydrogens is 296 g/mol. The third-order valence-corrected chi connectivity index (χ3v) is 3.26. The molecule has 0 amide bonds. The van der Waals surface area contributed by atoms with Crippen molar-refractivity contribution < 1.29 is 35.4 Å². The second-order valence-electron chi connectivity index (χ2n) is 4.85. The largest absolute Gasteiger partial charge is 0.394 e. The van der Waals surface area contributed by atoms with E-state index in [2.05, 4.69) is 9.97 Å². The Bertz CT molecular complexity index is 427. The van der Waals surface area contributed by atoms with E-state index in [9.17, 15) is 20.4 Å². The van der Waals surface area contributed by atoms with E-state index in [1.54, 1.807) is 0 Å². The number of aromatic nitrogens is 2. The Morgan fingerprint density at radius 2 is 1.68 bits per heavy atom. The first kappa shape index (κ1) is 18.8. The van der Waals surface area contributed by atoms with E-state index >= 15 is 0 Å². The second kappa shape index (κ2) is 9.06. The molecule has 0 aliphatic carbocycles. The molecule has 0 aliphatic rings. The van der Waals surface area contributed by atoms with Gasteiger partial charge in [0.15, 0.2) is 0 Å². The van der Waals surface area contributed by atoms with Crippen LogP contribution >= 0.6 is 0 Å². The first-order valence-corrected chi connectivity index (χ1v) is 6.72. The molecule has 0 saturated carbocycles. The van der Waals surface area contributed by atoms with Crippen LogP contribution in [0.25, 0.3) is 0 Å². The first-order valence-electron chi connectivity index (χ1n) is 6.72. The maximum atomic E-state index is 9.95. The zero-order chi connectivity index (χ0) is 16.7. The van der Waals surface area contributed by atoms with Gasteiger partial charge < -0.3 is 35.4 Å². The average molecular weight is 318 g/mol. The SMILES string of the molecule is CO[C@@H](CO)[C@@H](O)[C@H](O)c1cnc(C[C@H](O)[C@H](O)CO)cn1. The molecule has 6 N–H and O–H groups in total. The lowest BCUT2D eigenvalue weighted by molar-refractivity contribution is -0.0950. The van der Waals surface area contributed by atoms with E-state index in [-0.39, 0.29) is 12.1 Å². The van der Waals surface area contributed by atoms with Crippen LogP contribution in [0.1, 0.15) is 17.5 Å². The quantitative estimate of drug-likeness (QED) is 0.282. The zero-order valence-electron chi connectivity index (χ0n) is 12.1. The molecule has 0 fully saturated rings. The van der Waals surface area contributed by atoms with Crippen LogP contribution in [-0.4, -0.2) is 85.3 Å². The van der Waals surface area contributed by atoms with Gasteiger partial charge in [0.1, 0.15) is 24.4 Å². The van der Waals surface area contributed by atoms with Crippen LogP contribution in [0.4, 0.5) is 0 Å². The Hall–Kier alpha value is -1.20. The topological polar surface area (TPSA) is 156 Å². The average Bonchev–Trinajstić information content (AvgIpc) is 2.55. The molecule has 0 aliphatic heterocycles. The van der Waals surface area contributed by atoms with Gasteiger partial charge in [0, 0.05) is 19.7 Å². The van der Waals surface area contributed by atoms with E-state index in [4.69, 9.17) is 14.9 Å². The summed E-state index contributed by atoms with van der Waals surface area (Å²) in [6.45, 7) is -1.04. The maximum Gasteiger partial charge on any atom is 0.126 e. The summed E-state index contributed by atoms with van der Waals surface area (Å²) in [7, 11) is 1.29. The highest BCUT2D eigenvalue weighted by atomic mass is 16.5. The normalized spacial score (nSPS) is 18.5. The van der Waals surface area contributed by atoms with Gasteiger partial charge in [-0.15, -0.1) is 0 Å². The number of nitrogens with zero attached hydrogens (tertiary/aromatic N) is 2. The lowest BCUT2D eigenvalue weighted by atomic mass is 10.1. The third-order valence-electron chi connectivity index (χ3n) is 3.26. The molecule has 0 aromatic carbocycles. The summed E-state index contributed by atoms with van der Waals surface area (Å²) >= 11 is 0. The molecule has 0 bridgehead atoms. The van der Waals surface area contributed by atoms with Crippen molar-refractivity contribution in [2.75, 3.05) is 20.3 Å². The monoisotopic (exact) mass is 318 g/mol. The second-order valence-corrected chi connectivity index (χ2v) is 4.85. The van der Waals surface area contributed by atoms with Gasteiger partial charge in [-0.05, 0) is 0 Å². The minimum absolute atomic E-state index is 0.0228.